The van der Waals surface area contributed by atoms with Crippen LogP contribution in [0.25, 0.3) is 21.8 Å². The fourth-order valence-corrected chi connectivity index (χ4v) is 6.43. The van der Waals surface area contributed by atoms with Crippen molar-refractivity contribution in [1.29, 1.82) is 0 Å². The summed E-state index contributed by atoms with van der Waals surface area (Å²) in [7, 11) is 1.96. The van der Waals surface area contributed by atoms with E-state index in [0.29, 0.717) is 57.2 Å². The van der Waals surface area contributed by atoms with E-state index in [9.17, 15) is 32.8 Å². The van der Waals surface area contributed by atoms with Crippen molar-refractivity contribution in [2.75, 3.05) is 13.6 Å². The second-order valence-corrected chi connectivity index (χ2v) is 12.7. The van der Waals surface area contributed by atoms with Gasteiger partial charge in [-0.2, -0.15) is 0 Å². The van der Waals surface area contributed by atoms with E-state index in [1.54, 1.807) is 72.8 Å². The van der Waals surface area contributed by atoms with Gasteiger partial charge in [0.15, 0.2) is 6.29 Å². The van der Waals surface area contributed by atoms with Crippen LogP contribution in [-0.2, 0) is 19.6 Å². The third kappa shape index (κ3) is 6.44. The molecule has 8 rings (SSSR count). The van der Waals surface area contributed by atoms with Gasteiger partial charge in [-0.3, -0.25) is 43.7 Å². The number of hydrogen-bond acceptors (Lipinski definition) is 8. The Morgan fingerprint density at radius 3 is 1.51 bits per heavy atom. The summed E-state index contributed by atoms with van der Waals surface area (Å²) in [6.07, 6.45) is 0.548. The van der Waals surface area contributed by atoms with Crippen molar-refractivity contribution in [3.05, 3.63) is 153 Å². The second-order valence-electron chi connectivity index (χ2n) is 12.7. The summed E-state index contributed by atoms with van der Waals surface area (Å²) >= 11 is 0. The molecule has 10 nitrogen and oxygen atoms in total. The van der Waals surface area contributed by atoms with Gasteiger partial charge in [0.1, 0.15) is 11.6 Å². The SMILES string of the molecule is CCN(C)Cc1cc2c(F)cccc2nc1CN1C(=O)c2ccccc2C1=O.O=Cc1cc2c(F)cccc2nc1CN1C(=O)c2ccccc2C1=O. The van der Waals surface area contributed by atoms with Gasteiger partial charge in [0.05, 0.1) is 57.8 Å². The van der Waals surface area contributed by atoms with E-state index >= 15 is 0 Å². The third-order valence-corrected chi connectivity index (χ3v) is 9.37. The van der Waals surface area contributed by atoms with Crippen molar-refractivity contribution < 1.29 is 32.8 Å². The molecule has 0 saturated heterocycles. The average molecular weight is 712 g/mol. The first-order valence-corrected chi connectivity index (χ1v) is 16.8. The maximum atomic E-state index is 14.3. The molecule has 0 spiro atoms. The van der Waals surface area contributed by atoms with Gasteiger partial charge in [0.25, 0.3) is 23.6 Å². The minimum absolute atomic E-state index is 0.0612. The number of fused-ring (bicyclic) bond motifs is 4. The molecule has 4 aromatic carbocycles. The van der Waals surface area contributed by atoms with Crippen molar-refractivity contribution in [3.63, 3.8) is 0 Å². The van der Waals surface area contributed by atoms with E-state index in [-0.39, 0.29) is 47.4 Å². The highest BCUT2D eigenvalue weighted by atomic mass is 19.1. The van der Waals surface area contributed by atoms with Crippen molar-refractivity contribution in [2.45, 2.75) is 26.6 Å². The number of nitrogens with zero attached hydrogens (tertiary/aromatic N) is 5. The molecule has 0 unspecified atom stereocenters. The molecule has 0 atom stereocenters. The largest absolute Gasteiger partial charge is 0.302 e. The lowest BCUT2D eigenvalue weighted by atomic mass is 10.1. The van der Waals surface area contributed by atoms with Crippen LogP contribution in [0.3, 0.4) is 0 Å². The Labute approximate surface area is 302 Å². The van der Waals surface area contributed by atoms with E-state index in [1.165, 1.54) is 29.2 Å². The van der Waals surface area contributed by atoms with Crippen molar-refractivity contribution >= 4 is 51.7 Å². The molecule has 12 heteroatoms. The number of rotatable bonds is 8. The topological polar surface area (TPSA) is 121 Å². The van der Waals surface area contributed by atoms with E-state index < -0.39 is 17.6 Å². The van der Waals surface area contributed by atoms with Crippen LogP contribution < -0.4 is 0 Å². The fourth-order valence-electron chi connectivity index (χ4n) is 6.43. The Morgan fingerprint density at radius 1 is 0.623 bits per heavy atom. The average Bonchev–Trinajstić information content (AvgIpc) is 3.55. The number of benzene rings is 4. The van der Waals surface area contributed by atoms with E-state index in [4.69, 9.17) is 0 Å². The van der Waals surface area contributed by atoms with Gasteiger partial charge in [-0.25, -0.2) is 8.78 Å². The molecule has 0 radical (unpaired) electrons. The Bertz CT molecular complexity index is 2430. The summed E-state index contributed by atoms with van der Waals surface area (Å²) in [5, 5.41) is 0.656. The van der Waals surface area contributed by atoms with Crippen molar-refractivity contribution in [2.24, 2.45) is 0 Å². The lowest BCUT2D eigenvalue weighted by molar-refractivity contribution is 0.0625. The van der Waals surface area contributed by atoms with Gasteiger partial charge in [-0.1, -0.05) is 43.3 Å². The van der Waals surface area contributed by atoms with E-state index in [2.05, 4.69) is 14.9 Å². The Kier molecular flexibility index (Phi) is 9.38. The number of amides is 4. The second kappa shape index (κ2) is 14.2. The number of carbonyl (C=O) groups excluding carboxylic acids is 5. The molecular formula is C41H31F2N5O5. The molecule has 2 aliphatic rings. The van der Waals surface area contributed by atoms with Crippen LogP contribution in [0, 0.1) is 11.6 Å². The van der Waals surface area contributed by atoms with Crippen molar-refractivity contribution in [1.82, 2.24) is 24.7 Å². The summed E-state index contributed by atoms with van der Waals surface area (Å²) in [5.41, 5.74) is 4.15. The number of imide groups is 2. The van der Waals surface area contributed by atoms with Gasteiger partial charge in [0.2, 0.25) is 0 Å². The fraction of sp³-hybridized carbons (Fsp3) is 0.146. The summed E-state index contributed by atoms with van der Waals surface area (Å²) in [6, 6.07) is 25.6. The molecule has 2 aliphatic heterocycles. The van der Waals surface area contributed by atoms with E-state index in [0.717, 1.165) is 17.0 Å². The molecule has 2 aromatic heterocycles. The normalized spacial score (nSPS) is 13.5. The minimum atomic E-state index is -0.486. The molecule has 4 heterocycles. The smallest absolute Gasteiger partial charge is 0.261 e. The van der Waals surface area contributed by atoms with Gasteiger partial charge < -0.3 is 4.90 Å². The molecule has 53 heavy (non-hydrogen) atoms. The first-order valence-electron chi connectivity index (χ1n) is 16.8. The van der Waals surface area contributed by atoms with Crippen LogP contribution in [0.1, 0.15) is 75.7 Å². The highest BCUT2D eigenvalue weighted by Gasteiger charge is 2.37. The lowest BCUT2D eigenvalue weighted by Gasteiger charge is -2.20. The van der Waals surface area contributed by atoms with Crippen LogP contribution in [0.4, 0.5) is 8.78 Å². The van der Waals surface area contributed by atoms with Crippen LogP contribution in [0.2, 0.25) is 0 Å². The molecule has 0 fully saturated rings. The molecule has 6 aromatic rings. The zero-order valence-corrected chi connectivity index (χ0v) is 28.7. The predicted molar refractivity (Wildman–Crippen MR) is 192 cm³/mol. The number of aldehydes is 1. The maximum Gasteiger partial charge on any atom is 0.261 e. The Hall–Kier alpha value is -6.53. The monoisotopic (exact) mass is 711 g/mol. The predicted octanol–water partition coefficient (Wildman–Crippen LogP) is 6.60. The van der Waals surface area contributed by atoms with Gasteiger partial charge >= 0.3 is 0 Å². The summed E-state index contributed by atoms with van der Waals surface area (Å²) in [4.78, 5) is 75.0. The molecule has 0 aliphatic carbocycles. The zero-order chi connectivity index (χ0) is 37.4. The van der Waals surface area contributed by atoms with Gasteiger partial charge in [0, 0.05) is 22.9 Å². The zero-order valence-electron chi connectivity index (χ0n) is 28.7. The maximum absolute atomic E-state index is 14.3. The van der Waals surface area contributed by atoms with Gasteiger partial charge in [-0.15, -0.1) is 0 Å². The highest BCUT2D eigenvalue weighted by molar-refractivity contribution is 6.22. The standard InChI is InChI=1S/C22H20FN3O2.C19H11FN2O3/c1-3-25(2)12-14-11-17-18(23)9-6-10-19(17)24-20(14)13-26-21(27)15-7-4-5-8-16(15)22(26)28;20-15-6-3-7-16-14(15)8-11(10-23)17(21-16)9-22-18(24)12-4-1-2-5-13(12)19(22)25/h4-11H,3,12-13H2,1-2H3;1-8,10H,9H2. The summed E-state index contributed by atoms with van der Waals surface area (Å²) in [6.45, 7) is 3.30. The summed E-state index contributed by atoms with van der Waals surface area (Å²) < 4.78 is 28.1. The highest BCUT2D eigenvalue weighted by Crippen LogP contribution is 2.28. The minimum Gasteiger partial charge on any atom is -0.302 e. The number of halogens is 2. The number of hydrogen-bond donors (Lipinski definition) is 0. The van der Waals surface area contributed by atoms with E-state index in [1.807, 2.05) is 14.0 Å². The number of pyridine rings is 2. The Balaban J connectivity index is 0.000000165. The molecular weight excluding hydrogens is 680 g/mol. The van der Waals surface area contributed by atoms with Crippen molar-refractivity contribution in [3.8, 4) is 0 Å². The van der Waals surface area contributed by atoms with Crippen LogP contribution in [-0.4, -0.2) is 68.2 Å². The summed E-state index contributed by atoms with van der Waals surface area (Å²) in [5.74, 6) is -2.33. The first kappa shape index (κ1) is 34.9. The first-order chi connectivity index (χ1) is 25.6. The quantitative estimate of drug-likeness (QED) is 0.128. The molecule has 264 valence electrons. The number of carbonyl (C=O) groups is 5. The molecule has 4 amide bonds. The third-order valence-electron chi connectivity index (χ3n) is 9.37. The molecule has 0 saturated carbocycles. The van der Waals surface area contributed by atoms with Crippen LogP contribution >= 0.6 is 0 Å². The Morgan fingerprint density at radius 2 is 1.06 bits per heavy atom. The molecule has 0 N–H and O–H groups in total. The number of aromatic nitrogens is 2. The van der Waals surface area contributed by atoms with Crippen LogP contribution in [0.5, 0.6) is 0 Å². The lowest BCUT2D eigenvalue weighted by Crippen LogP contribution is -2.30. The van der Waals surface area contributed by atoms with Crippen LogP contribution in [0.15, 0.2) is 97.1 Å². The van der Waals surface area contributed by atoms with Gasteiger partial charge in [-0.05, 0) is 79.8 Å². The molecule has 0 bridgehead atoms.